The molecule has 4 rings (SSSR count). The van der Waals surface area contributed by atoms with Gasteiger partial charge >= 0.3 is 0 Å². The zero-order valence-corrected chi connectivity index (χ0v) is 15.8. The number of aromatic nitrogens is 1. The Kier molecular flexibility index (Phi) is 4.32. The molecule has 1 atom stereocenters. The van der Waals surface area contributed by atoms with Gasteiger partial charge in [0.15, 0.2) is 11.6 Å². The molecule has 0 spiro atoms. The van der Waals surface area contributed by atoms with Gasteiger partial charge in [0, 0.05) is 30.6 Å². The minimum atomic E-state index is -3.91. The summed E-state index contributed by atoms with van der Waals surface area (Å²) in [5.41, 5.74) is -0.527. The van der Waals surface area contributed by atoms with E-state index in [2.05, 4.69) is 10.0 Å². The van der Waals surface area contributed by atoms with Crippen LogP contribution in [0.2, 0.25) is 0 Å². The Morgan fingerprint density at radius 3 is 2.68 bits per heavy atom. The first-order valence-corrected chi connectivity index (χ1v) is 10.3. The maximum atomic E-state index is 13.4. The smallest absolute Gasteiger partial charge is 0.272 e. The van der Waals surface area contributed by atoms with Gasteiger partial charge in [0.05, 0.1) is 11.6 Å². The lowest BCUT2D eigenvalue weighted by Crippen LogP contribution is -2.43. The topological polar surface area (TPSA) is 100 Å². The third kappa shape index (κ3) is 3.21. The van der Waals surface area contributed by atoms with Crippen molar-refractivity contribution in [2.24, 2.45) is 7.05 Å². The zero-order valence-electron chi connectivity index (χ0n) is 15.0. The molecule has 1 fully saturated rings. The van der Waals surface area contributed by atoms with Crippen LogP contribution < -0.4 is 10.0 Å². The number of anilines is 1. The van der Waals surface area contributed by atoms with Gasteiger partial charge in [-0.2, -0.15) is 0 Å². The molecule has 1 aromatic heterocycles. The molecule has 0 radical (unpaired) electrons. The number of amides is 1. The second-order valence-corrected chi connectivity index (χ2v) is 9.01. The van der Waals surface area contributed by atoms with Gasteiger partial charge in [-0.1, -0.05) is 0 Å². The molecule has 150 valence electrons. The number of nitrogens with one attached hydrogen (secondary N) is 2. The highest BCUT2D eigenvalue weighted by atomic mass is 32.2. The highest BCUT2D eigenvalue weighted by molar-refractivity contribution is 7.89. The van der Waals surface area contributed by atoms with Crippen LogP contribution in [0.1, 0.15) is 35.3 Å². The number of hydrogen-bond acceptors (Lipinski definition) is 4. The maximum Gasteiger partial charge on any atom is 0.272 e. The summed E-state index contributed by atoms with van der Waals surface area (Å²) in [6, 6.07) is 2.35. The predicted octanol–water partition coefficient (Wildman–Crippen LogP) is 1.67. The minimum Gasteiger partial charge on any atom is -0.388 e. The number of aliphatic hydroxyl groups is 1. The molecule has 0 bridgehead atoms. The van der Waals surface area contributed by atoms with Crippen LogP contribution in [0.4, 0.5) is 14.5 Å². The number of fused-ring (bicyclic) bond motifs is 1. The first-order valence-electron chi connectivity index (χ1n) is 8.80. The maximum absolute atomic E-state index is 13.4. The van der Waals surface area contributed by atoms with Crippen LogP contribution >= 0.6 is 0 Å². The van der Waals surface area contributed by atoms with E-state index in [1.54, 1.807) is 0 Å². The number of carbonyl (C=O) groups is 1. The molecule has 1 saturated carbocycles. The summed E-state index contributed by atoms with van der Waals surface area (Å²) in [6.45, 7) is 0. The van der Waals surface area contributed by atoms with E-state index in [-0.39, 0.29) is 22.7 Å². The van der Waals surface area contributed by atoms with Crippen molar-refractivity contribution in [2.45, 2.75) is 42.2 Å². The monoisotopic (exact) mass is 411 g/mol. The molecule has 1 unspecified atom stereocenters. The Morgan fingerprint density at radius 2 is 2.04 bits per heavy atom. The van der Waals surface area contributed by atoms with Crippen LogP contribution in [0.3, 0.4) is 0 Å². The normalized spacial score (nSPS) is 22.2. The quantitative estimate of drug-likeness (QED) is 0.715. The molecule has 1 amide bonds. The minimum absolute atomic E-state index is 0.0165. The number of hydrogen-bond donors (Lipinski definition) is 3. The molecule has 2 aromatic rings. The van der Waals surface area contributed by atoms with Gasteiger partial charge in [-0.25, -0.2) is 21.9 Å². The molecule has 28 heavy (non-hydrogen) atoms. The molecule has 2 heterocycles. The van der Waals surface area contributed by atoms with Crippen molar-refractivity contribution in [3.63, 3.8) is 0 Å². The second-order valence-electron chi connectivity index (χ2n) is 7.33. The average Bonchev–Trinajstić information content (AvgIpc) is 3.29. The van der Waals surface area contributed by atoms with Crippen molar-refractivity contribution in [1.82, 2.24) is 9.29 Å². The summed E-state index contributed by atoms with van der Waals surface area (Å²) < 4.78 is 55.9. The Labute approximate surface area is 160 Å². The average molecular weight is 411 g/mol. The Balaban J connectivity index is 1.67. The summed E-state index contributed by atoms with van der Waals surface area (Å²) in [4.78, 5) is 12.7. The van der Waals surface area contributed by atoms with E-state index in [4.69, 9.17) is 0 Å². The van der Waals surface area contributed by atoms with Crippen LogP contribution in [0.15, 0.2) is 29.3 Å². The van der Waals surface area contributed by atoms with Crippen LogP contribution in [-0.2, 0) is 23.5 Å². The molecule has 1 aromatic carbocycles. The molecule has 7 nitrogen and oxygen atoms in total. The van der Waals surface area contributed by atoms with Crippen molar-refractivity contribution in [3.05, 3.63) is 47.3 Å². The standard InChI is InChI=1S/C18H19F2N3O4S/c1-23-9-14-11(3-5-15(18(25)6-7-18)22-28(14,26)27)16(23)17(24)21-10-2-4-12(19)13(20)8-10/h2,4,8-9,15,22,25H,3,5-7H2,1H3,(H,21,24). The number of halogens is 2. The van der Waals surface area contributed by atoms with E-state index in [9.17, 15) is 27.1 Å². The number of carbonyl (C=O) groups excluding carboxylic acids is 1. The van der Waals surface area contributed by atoms with E-state index < -0.39 is 39.2 Å². The third-order valence-electron chi connectivity index (χ3n) is 5.32. The molecule has 10 heteroatoms. The fraction of sp³-hybridized carbons (Fsp3) is 0.389. The van der Waals surface area contributed by atoms with Gasteiger partial charge in [-0.15, -0.1) is 0 Å². The van der Waals surface area contributed by atoms with Crippen molar-refractivity contribution in [1.29, 1.82) is 0 Å². The Hall–Kier alpha value is -2.30. The third-order valence-corrected chi connectivity index (χ3v) is 6.85. The summed E-state index contributed by atoms with van der Waals surface area (Å²) >= 11 is 0. The van der Waals surface area contributed by atoms with Crippen LogP contribution in [0.25, 0.3) is 0 Å². The summed E-state index contributed by atoms with van der Waals surface area (Å²) in [5.74, 6) is -2.77. The highest BCUT2D eigenvalue weighted by Gasteiger charge is 2.50. The van der Waals surface area contributed by atoms with Crippen molar-refractivity contribution in [3.8, 4) is 0 Å². The largest absolute Gasteiger partial charge is 0.388 e. The van der Waals surface area contributed by atoms with Gasteiger partial charge in [-0.3, -0.25) is 4.79 Å². The number of rotatable bonds is 3. The number of sulfonamides is 1. The first-order chi connectivity index (χ1) is 13.1. The van der Waals surface area contributed by atoms with Crippen molar-refractivity contribution >= 4 is 21.6 Å². The lowest BCUT2D eigenvalue weighted by atomic mass is 10.0. The molecular weight excluding hydrogens is 392 g/mol. The first kappa shape index (κ1) is 19.0. The van der Waals surface area contributed by atoms with Gasteiger partial charge in [-0.05, 0) is 37.8 Å². The Morgan fingerprint density at radius 1 is 1.32 bits per heavy atom. The predicted molar refractivity (Wildman–Crippen MR) is 96.3 cm³/mol. The fourth-order valence-electron chi connectivity index (χ4n) is 3.64. The highest BCUT2D eigenvalue weighted by Crippen LogP contribution is 2.42. The molecule has 3 N–H and O–H groups in total. The molecule has 1 aliphatic heterocycles. The zero-order chi connectivity index (χ0) is 20.3. The van der Waals surface area contributed by atoms with E-state index in [0.29, 0.717) is 24.8 Å². The molecule has 0 saturated heterocycles. The number of aryl methyl sites for hydroxylation is 1. The van der Waals surface area contributed by atoms with Crippen LogP contribution in [0.5, 0.6) is 0 Å². The molecular formula is C18H19F2N3O4S. The van der Waals surface area contributed by atoms with Gasteiger partial charge in [0.25, 0.3) is 5.91 Å². The van der Waals surface area contributed by atoms with E-state index >= 15 is 0 Å². The van der Waals surface area contributed by atoms with Gasteiger partial charge < -0.3 is 15.0 Å². The van der Waals surface area contributed by atoms with Crippen molar-refractivity contribution < 1.29 is 27.1 Å². The second kappa shape index (κ2) is 6.36. The van der Waals surface area contributed by atoms with E-state index in [1.165, 1.54) is 23.9 Å². The van der Waals surface area contributed by atoms with E-state index in [1.807, 2.05) is 0 Å². The summed E-state index contributed by atoms with van der Waals surface area (Å²) in [7, 11) is -2.37. The van der Waals surface area contributed by atoms with Crippen molar-refractivity contribution in [2.75, 3.05) is 5.32 Å². The Bertz CT molecular complexity index is 1080. The van der Waals surface area contributed by atoms with E-state index in [0.717, 1.165) is 12.1 Å². The van der Waals surface area contributed by atoms with Crippen LogP contribution in [0, 0.1) is 11.6 Å². The van der Waals surface area contributed by atoms with Crippen LogP contribution in [-0.4, -0.2) is 35.6 Å². The SMILES string of the molecule is Cn1cc2c(c1C(=O)Nc1ccc(F)c(F)c1)CCC(C1(O)CC1)NS2(=O)=O. The lowest BCUT2D eigenvalue weighted by Gasteiger charge is -2.21. The molecule has 2 aliphatic rings. The van der Waals surface area contributed by atoms with Gasteiger partial charge in [0.2, 0.25) is 10.0 Å². The summed E-state index contributed by atoms with van der Waals surface area (Å²) in [5, 5.41) is 12.8. The fourth-order valence-corrected chi connectivity index (χ4v) is 5.29. The number of nitrogens with zero attached hydrogens (tertiary/aromatic N) is 1. The molecule has 1 aliphatic carbocycles. The summed E-state index contributed by atoms with van der Waals surface area (Å²) in [6.07, 6.45) is 3.02. The van der Waals surface area contributed by atoms with Gasteiger partial charge in [0.1, 0.15) is 10.6 Å². The lowest BCUT2D eigenvalue weighted by molar-refractivity contribution is 0.101. The number of benzene rings is 1.